The van der Waals surface area contributed by atoms with Gasteiger partial charge in [0.1, 0.15) is 6.04 Å². The van der Waals surface area contributed by atoms with Crippen molar-refractivity contribution < 1.29 is 14.7 Å². The van der Waals surface area contributed by atoms with Crippen LogP contribution in [0, 0.1) is 12.3 Å². The van der Waals surface area contributed by atoms with Crippen molar-refractivity contribution in [2.45, 2.75) is 38.1 Å². The topological polar surface area (TPSA) is 66.4 Å². The monoisotopic (exact) mass is 257 g/mol. The number of carbonyl (C=O) groups excluding carboxylic acids is 1. The largest absolute Gasteiger partial charge is 0.480 e. The number of carbonyl (C=O) groups is 2. The molecule has 0 aliphatic rings. The third-order valence-electron chi connectivity index (χ3n) is 2.22. The van der Waals surface area contributed by atoms with Crippen LogP contribution in [-0.2, 0) is 9.59 Å². The summed E-state index contributed by atoms with van der Waals surface area (Å²) in [6, 6.07) is -0.775. The number of carboxylic acids is 1. The fourth-order valence-electron chi connectivity index (χ4n) is 1.27. The first-order valence-electron chi connectivity index (χ1n) is 5.56. The molecule has 2 N–H and O–H groups in total. The van der Waals surface area contributed by atoms with Gasteiger partial charge >= 0.3 is 5.97 Å². The first kappa shape index (κ1) is 15.9. The van der Waals surface area contributed by atoms with Crippen molar-refractivity contribution in [3.63, 3.8) is 0 Å². The Kier molecular flexibility index (Phi) is 9.35. The fraction of sp³-hybridized carbons (Fsp3) is 0.667. The third-order valence-corrected chi connectivity index (χ3v) is 2.86. The van der Waals surface area contributed by atoms with E-state index < -0.39 is 12.0 Å². The molecular weight excluding hydrogens is 238 g/mol. The van der Waals surface area contributed by atoms with Crippen LogP contribution in [0.5, 0.6) is 0 Å². The van der Waals surface area contributed by atoms with Crippen molar-refractivity contribution in [3.8, 4) is 12.3 Å². The highest BCUT2D eigenvalue weighted by atomic mass is 32.2. The molecular formula is C12H19NO3S. The molecule has 0 fully saturated rings. The summed E-state index contributed by atoms with van der Waals surface area (Å²) in [5, 5.41) is 11.4. The summed E-state index contributed by atoms with van der Waals surface area (Å²) in [4.78, 5) is 22.3. The standard InChI is InChI=1S/C12H19NO3S/c1-3-4-5-6-7-11(14)13-10(12(15)16)8-9-17-2/h1,10H,4-9H2,2H3,(H,13,14)(H,15,16)/t10-/m1/s1. The molecule has 0 radical (unpaired) electrons. The SMILES string of the molecule is C#CCCCCC(=O)N[C@H](CCSC)C(=O)O. The Morgan fingerprint density at radius 1 is 1.47 bits per heavy atom. The zero-order chi connectivity index (χ0) is 13.1. The lowest BCUT2D eigenvalue weighted by atomic mass is 10.1. The number of thioether (sulfide) groups is 1. The third kappa shape index (κ3) is 8.64. The van der Waals surface area contributed by atoms with E-state index in [9.17, 15) is 9.59 Å². The highest BCUT2D eigenvalue weighted by Gasteiger charge is 2.18. The van der Waals surface area contributed by atoms with Crippen LogP contribution in [0.25, 0.3) is 0 Å². The summed E-state index contributed by atoms with van der Waals surface area (Å²) in [5.41, 5.74) is 0. The Morgan fingerprint density at radius 3 is 2.71 bits per heavy atom. The van der Waals surface area contributed by atoms with Gasteiger partial charge in [-0.1, -0.05) is 0 Å². The van der Waals surface area contributed by atoms with Crippen LogP contribution < -0.4 is 5.32 Å². The molecule has 0 spiro atoms. The molecule has 0 heterocycles. The number of unbranched alkanes of at least 4 members (excludes halogenated alkanes) is 2. The van der Waals surface area contributed by atoms with Gasteiger partial charge in [-0.2, -0.15) is 11.8 Å². The molecule has 0 aromatic heterocycles. The van der Waals surface area contributed by atoms with Gasteiger partial charge in [0.15, 0.2) is 0 Å². The molecule has 4 nitrogen and oxygen atoms in total. The maximum absolute atomic E-state index is 11.5. The summed E-state index contributed by atoms with van der Waals surface area (Å²) in [6.07, 6.45) is 9.93. The normalized spacial score (nSPS) is 11.5. The molecule has 0 aromatic rings. The molecule has 0 aromatic carbocycles. The van der Waals surface area contributed by atoms with Crippen LogP contribution >= 0.6 is 11.8 Å². The lowest BCUT2D eigenvalue weighted by Crippen LogP contribution is -2.41. The van der Waals surface area contributed by atoms with E-state index in [0.717, 1.165) is 6.42 Å². The number of rotatable bonds is 9. The molecule has 0 saturated heterocycles. The van der Waals surface area contributed by atoms with Gasteiger partial charge in [0.2, 0.25) is 5.91 Å². The van der Waals surface area contributed by atoms with Crippen molar-refractivity contribution in [2.75, 3.05) is 12.0 Å². The zero-order valence-electron chi connectivity index (χ0n) is 10.1. The van der Waals surface area contributed by atoms with E-state index in [4.69, 9.17) is 11.5 Å². The quantitative estimate of drug-likeness (QED) is 0.485. The lowest BCUT2D eigenvalue weighted by Gasteiger charge is -2.13. The summed E-state index contributed by atoms with van der Waals surface area (Å²) in [6.45, 7) is 0. The van der Waals surface area contributed by atoms with Gasteiger partial charge in [-0.3, -0.25) is 4.79 Å². The number of amides is 1. The zero-order valence-corrected chi connectivity index (χ0v) is 10.9. The molecule has 0 rings (SSSR count). The van der Waals surface area contributed by atoms with Crippen LogP contribution in [0.3, 0.4) is 0 Å². The average Bonchev–Trinajstić information content (AvgIpc) is 2.29. The van der Waals surface area contributed by atoms with Crippen molar-refractivity contribution in [2.24, 2.45) is 0 Å². The minimum atomic E-state index is -0.976. The Bertz CT molecular complexity index is 286. The van der Waals surface area contributed by atoms with E-state index in [2.05, 4.69) is 11.2 Å². The minimum absolute atomic E-state index is 0.212. The molecule has 0 bridgehead atoms. The number of hydrogen-bond acceptors (Lipinski definition) is 3. The minimum Gasteiger partial charge on any atom is -0.480 e. The number of hydrogen-bond donors (Lipinski definition) is 2. The smallest absolute Gasteiger partial charge is 0.326 e. The highest BCUT2D eigenvalue weighted by molar-refractivity contribution is 7.98. The summed E-state index contributed by atoms with van der Waals surface area (Å²) in [5.74, 6) is 2.03. The van der Waals surface area contributed by atoms with Crippen LogP contribution in [-0.4, -0.2) is 35.0 Å². The van der Waals surface area contributed by atoms with Gasteiger partial charge in [0.25, 0.3) is 0 Å². The van der Waals surface area contributed by atoms with E-state index in [1.165, 1.54) is 0 Å². The molecule has 17 heavy (non-hydrogen) atoms. The molecule has 0 aliphatic heterocycles. The molecule has 0 unspecified atom stereocenters. The second-order valence-electron chi connectivity index (χ2n) is 3.65. The average molecular weight is 257 g/mol. The summed E-state index contributed by atoms with van der Waals surface area (Å²) < 4.78 is 0. The fourth-order valence-corrected chi connectivity index (χ4v) is 1.74. The van der Waals surface area contributed by atoms with E-state index in [-0.39, 0.29) is 5.91 Å². The molecule has 96 valence electrons. The van der Waals surface area contributed by atoms with E-state index in [0.29, 0.717) is 31.4 Å². The van der Waals surface area contributed by atoms with Gasteiger partial charge in [0.05, 0.1) is 0 Å². The predicted molar refractivity (Wildman–Crippen MR) is 69.9 cm³/mol. The molecule has 1 atom stereocenters. The molecule has 1 amide bonds. The first-order chi connectivity index (χ1) is 8.11. The Labute approximate surface area is 107 Å². The summed E-state index contributed by atoms with van der Waals surface area (Å²) >= 11 is 1.56. The number of carboxylic acid groups (broad SMARTS) is 1. The van der Waals surface area contributed by atoms with E-state index in [1.54, 1.807) is 11.8 Å². The number of nitrogens with one attached hydrogen (secondary N) is 1. The Morgan fingerprint density at radius 2 is 2.18 bits per heavy atom. The van der Waals surface area contributed by atoms with Gasteiger partial charge in [-0.25, -0.2) is 4.79 Å². The van der Waals surface area contributed by atoms with Crippen molar-refractivity contribution >= 4 is 23.6 Å². The van der Waals surface area contributed by atoms with E-state index in [1.807, 2.05) is 6.26 Å². The van der Waals surface area contributed by atoms with Crippen molar-refractivity contribution in [3.05, 3.63) is 0 Å². The molecule has 5 heteroatoms. The van der Waals surface area contributed by atoms with Crippen molar-refractivity contribution in [1.29, 1.82) is 0 Å². The predicted octanol–water partition coefficient (Wildman–Crippen LogP) is 1.50. The lowest BCUT2D eigenvalue weighted by molar-refractivity contribution is -0.141. The van der Waals surface area contributed by atoms with Gasteiger partial charge in [-0.05, 0) is 31.3 Å². The number of terminal acetylenes is 1. The second kappa shape index (κ2) is 10.0. The summed E-state index contributed by atoms with van der Waals surface area (Å²) in [7, 11) is 0. The van der Waals surface area contributed by atoms with Crippen LogP contribution in [0.15, 0.2) is 0 Å². The van der Waals surface area contributed by atoms with Crippen LogP contribution in [0.1, 0.15) is 32.1 Å². The first-order valence-corrected chi connectivity index (χ1v) is 6.95. The molecule has 0 aliphatic carbocycles. The Balaban J connectivity index is 3.88. The van der Waals surface area contributed by atoms with Gasteiger partial charge in [-0.15, -0.1) is 12.3 Å². The van der Waals surface area contributed by atoms with Crippen LogP contribution in [0.4, 0.5) is 0 Å². The maximum atomic E-state index is 11.5. The number of aliphatic carboxylic acids is 1. The van der Waals surface area contributed by atoms with E-state index >= 15 is 0 Å². The molecule has 0 saturated carbocycles. The van der Waals surface area contributed by atoms with Gasteiger partial charge in [0, 0.05) is 12.8 Å². The van der Waals surface area contributed by atoms with Crippen LogP contribution in [0.2, 0.25) is 0 Å². The second-order valence-corrected chi connectivity index (χ2v) is 4.64. The van der Waals surface area contributed by atoms with Crippen molar-refractivity contribution in [1.82, 2.24) is 5.32 Å². The maximum Gasteiger partial charge on any atom is 0.326 e. The van der Waals surface area contributed by atoms with Gasteiger partial charge < -0.3 is 10.4 Å². The Hall–Kier alpha value is -1.15. The highest BCUT2D eigenvalue weighted by Crippen LogP contribution is 2.03.